The number of nitrogens with zero attached hydrogens (tertiary/aromatic N) is 1. The molecule has 8 heteroatoms. The van der Waals surface area contributed by atoms with Crippen LogP contribution < -0.4 is 10.0 Å². The van der Waals surface area contributed by atoms with Crippen molar-refractivity contribution in [3.05, 3.63) is 36.2 Å². The molecule has 1 aromatic heterocycles. The van der Waals surface area contributed by atoms with Crippen molar-refractivity contribution in [1.82, 2.24) is 10.2 Å². The van der Waals surface area contributed by atoms with Crippen LogP contribution in [0.3, 0.4) is 0 Å². The first-order chi connectivity index (χ1) is 9.38. The standard InChI is InChI=1S/C12H14N4O3S/c1-8-3-4-10(15-9(2)17)5-12(8)16-20(18,19)11-6-13-14-7-11/h3-7,16H,1-2H3,(H,13,14)(H,15,17). The Morgan fingerprint density at radius 3 is 2.70 bits per heavy atom. The van der Waals surface area contributed by atoms with Crippen LogP contribution in [0.15, 0.2) is 35.5 Å². The third-order valence-corrected chi connectivity index (χ3v) is 3.92. The van der Waals surface area contributed by atoms with Gasteiger partial charge in [-0.1, -0.05) is 6.07 Å². The molecule has 0 fully saturated rings. The number of benzene rings is 1. The van der Waals surface area contributed by atoms with Crippen LogP contribution in [0.25, 0.3) is 0 Å². The van der Waals surface area contributed by atoms with Crippen LogP contribution >= 0.6 is 0 Å². The predicted octanol–water partition coefficient (Wildman–Crippen LogP) is 1.48. The number of nitrogens with one attached hydrogen (secondary N) is 3. The van der Waals surface area contributed by atoms with Crippen LogP contribution in [-0.4, -0.2) is 24.5 Å². The van der Waals surface area contributed by atoms with Gasteiger partial charge in [0.2, 0.25) is 5.91 Å². The van der Waals surface area contributed by atoms with Gasteiger partial charge in [0.15, 0.2) is 0 Å². The number of anilines is 2. The van der Waals surface area contributed by atoms with E-state index in [9.17, 15) is 13.2 Å². The first-order valence-corrected chi connectivity index (χ1v) is 7.26. The average molecular weight is 294 g/mol. The molecule has 2 aromatic rings. The van der Waals surface area contributed by atoms with Gasteiger partial charge < -0.3 is 5.32 Å². The minimum Gasteiger partial charge on any atom is -0.326 e. The number of aromatic amines is 1. The van der Waals surface area contributed by atoms with Gasteiger partial charge in [-0.2, -0.15) is 5.10 Å². The molecule has 3 N–H and O–H groups in total. The van der Waals surface area contributed by atoms with E-state index >= 15 is 0 Å². The lowest BCUT2D eigenvalue weighted by Crippen LogP contribution is -2.14. The number of rotatable bonds is 4. The van der Waals surface area contributed by atoms with E-state index in [1.807, 2.05) is 0 Å². The molecular formula is C12H14N4O3S. The quantitative estimate of drug-likeness (QED) is 0.794. The highest BCUT2D eigenvalue weighted by molar-refractivity contribution is 7.92. The van der Waals surface area contributed by atoms with E-state index in [0.717, 1.165) is 5.56 Å². The number of H-pyrrole nitrogens is 1. The molecule has 0 aliphatic carbocycles. The maximum Gasteiger partial charge on any atom is 0.265 e. The Morgan fingerprint density at radius 2 is 2.10 bits per heavy atom. The van der Waals surface area contributed by atoms with Gasteiger partial charge in [0.05, 0.1) is 11.9 Å². The molecule has 7 nitrogen and oxygen atoms in total. The SMILES string of the molecule is CC(=O)Nc1ccc(C)c(NS(=O)(=O)c2cn[nH]c2)c1. The van der Waals surface area contributed by atoms with Gasteiger partial charge in [0, 0.05) is 18.8 Å². The Labute approximate surface area is 116 Å². The van der Waals surface area contributed by atoms with Crippen LogP contribution in [0.4, 0.5) is 11.4 Å². The van der Waals surface area contributed by atoms with E-state index < -0.39 is 10.0 Å². The Balaban J connectivity index is 2.31. The van der Waals surface area contributed by atoms with Crippen LogP contribution in [0.5, 0.6) is 0 Å². The zero-order valence-electron chi connectivity index (χ0n) is 11.0. The van der Waals surface area contributed by atoms with Crippen LogP contribution in [0.1, 0.15) is 12.5 Å². The summed E-state index contributed by atoms with van der Waals surface area (Å²) in [5, 5.41) is 8.66. The monoisotopic (exact) mass is 294 g/mol. The molecular weight excluding hydrogens is 280 g/mol. The van der Waals surface area contributed by atoms with Crippen molar-refractivity contribution in [2.75, 3.05) is 10.0 Å². The zero-order chi connectivity index (χ0) is 14.8. The lowest BCUT2D eigenvalue weighted by Gasteiger charge is -2.11. The summed E-state index contributed by atoms with van der Waals surface area (Å²) in [6.07, 6.45) is 2.50. The van der Waals surface area contributed by atoms with Gasteiger partial charge in [-0.15, -0.1) is 0 Å². The lowest BCUT2D eigenvalue weighted by atomic mass is 10.2. The fourth-order valence-electron chi connectivity index (χ4n) is 1.60. The molecule has 0 unspecified atom stereocenters. The molecule has 0 aliphatic rings. The zero-order valence-corrected chi connectivity index (χ0v) is 11.8. The number of sulfonamides is 1. The highest BCUT2D eigenvalue weighted by atomic mass is 32.2. The maximum atomic E-state index is 12.1. The molecule has 0 spiro atoms. The van der Waals surface area contributed by atoms with Crippen molar-refractivity contribution >= 4 is 27.3 Å². The van der Waals surface area contributed by atoms with E-state index in [4.69, 9.17) is 0 Å². The number of aryl methyl sites for hydroxylation is 1. The summed E-state index contributed by atoms with van der Waals surface area (Å²) in [6.45, 7) is 3.15. The third-order valence-electron chi connectivity index (χ3n) is 2.59. The highest BCUT2D eigenvalue weighted by Crippen LogP contribution is 2.23. The van der Waals surface area contributed by atoms with Gasteiger partial charge in [0.1, 0.15) is 4.90 Å². The molecule has 0 saturated heterocycles. The van der Waals surface area contributed by atoms with Gasteiger partial charge >= 0.3 is 0 Å². The fourth-order valence-corrected chi connectivity index (χ4v) is 2.63. The molecule has 0 bridgehead atoms. The summed E-state index contributed by atoms with van der Waals surface area (Å²) < 4.78 is 26.6. The summed E-state index contributed by atoms with van der Waals surface area (Å²) in [5.41, 5.74) is 1.66. The number of hydrogen-bond donors (Lipinski definition) is 3. The largest absolute Gasteiger partial charge is 0.326 e. The minimum absolute atomic E-state index is 0.0434. The van der Waals surface area contributed by atoms with Crippen molar-refractivity contribution in [2.45, 2.75) is 18.7 Å². The van der Waals surface area contributed by atoms with E-state index in [1.54, 1.807) is 25.1 Å². The molecule has 1 aromatic carbocycles. The number of aromatic nitrogens is 2. The van der Waals surface area contributed by atoms with Gasteiger partial charge in [-0.3, -0.25) is 14.6 Å². The molecule has 0 atom stereocenters. The second kappa shape index (κ2) is 5.33. The summed E-state index contributed by atoms with van der Waals surface area (Å²) in [7, 11) is -3.69. The van der Waals surface area contributed by atoms with Crippen LogP contribution in [0.2, 0.25) is 0 Å². The lowest BCUT2D eigenvalue weighted by molar-refractivity contribution is -0.114. The topological polar surface area (TPSA) is 104 Å². The van der Waals surface area contributed by atoms with Crippen molar-refractivity contribution < 1.29 is 13.2 Å². The van der Waals surface area contributed by atoms with E-state index in [1.165, 1.54) is 19.3 Å². The van der Waals surface area contributed by atoms with Crippen LogP contribution in [0, 0.1) is 6.92 Å². The number of carbonyl (C=O) groups excluding carboxylic acids is 1. The summed E-state index contributed by atoms with van der Waals surface area (Å²) >= 11 is 0. The molecule has 1 heterocycles. The minimum atomic E-state index is -3.69. The molecule has 0 aliphatic heterocycles. The Morgan fingerprint density at radius 1 is 1.35 bits per heavy atom. The predicted molar refractivity (Wildman–Crippen MR) is 74.9 cm³/mol. The number of carbonyl (C=O) groups is 1. The normalized spacial score (nSPS) is 11.1. The second-order valence-corrected chi connectivity index (χ2v) is 5.93. The smallest absolute Gasteiger partial charge is 0.265 e. The summed E-state index contributed by atoms with van der Waals surface area (Å²) in [6, 6.07) is 4.99. The average Bonchev–Trinajstić information content (AvgIpc) is 2.87. The first-order valence-electron chi connectivity index (χ1n) is 5.78. The maximum absolute atomic E-state index is 12.1. The molecule has 0 radical (unpaired) electrons. The molecule has 1 amide bonds. The third kappa shape index (κ3) is 3.15. The highest BCUT2D eigenvalue weighted by Gasteiger charge is 2.16. The Bertz CT molecular complexity index is 723. The van der Waals surface area contributed by atoms with Gasteiger partial charge in [0.25, 0.3) is 10.0 Å². The van der Waals surface area contributed by atoms with E-state index in [0.29, 0.717) is 11.4 Å². The Kier molecular flexibility index (Phi) is 3.75. The molecule has 0 saturated carbocycles. The summed E-state index contributed by atoms with van der Waals surface area (Å²) in [5.74, 6) is -0.225. The molecule has 106 valence electrons. The van der Waals surface area contributed by atoms with Crippen molar-refractivity contribution in [3.8, 4) is 0 Å². The van der Waals surface area contributed by atoms with Gasteiger partial charge in [-0.05, 0) is 24.6 Å². The van der Waals surface area contributed by atoms with Crippen LogP contribution in [-0.2, 0) is 14.8 Å². The number of amides is 1. The fraction of sp³-hybridized carbons (Fsp3) is 0.167. The molecule has 20 heavy (non-hydrogen) atoms. The van der Waals surface area contributed by atoms with Crippen molar-refractivity contribution in [2.24, 2.45) is 0 Å². The first kappa shape index (κ1) is 14.1. The van der Waals surface area contributed by atoms with Gasteiger partial charge in [-0.25, -0.2) is 8.42 Å². The van der Waals surface area contributed by atoms with E-state index in [-0.39, 0.29) is 10.8 Å². The molecule has 2 rings (SSSR count). The summed E-state index contributed by atoms with van der Waals surface area (Å²) in [4.78, 5) is 11.1. The van der Waals surface area contributed by atoms with Crippen molar-refractivity contribution in [1.29, 1.82) is 0 Å². The van der Waals surface area contributed by atoms with Crippen molar-refractivity contribution in [3.63, 3.8) is 0 Å². The second-order valence-electron chi connectivity index (χ2n) is 4.25. The Hall–Kier alpha value is -2.35. The number of hydrogen-bond acceptors (Lipinski definition) is 4. The van der Waals surface area contributed by atoms with E-state index in [2.05, 4.69) is 20.2 Å².